The van der Waals surface area contributed by atoms with Crippen molar-refractivity contribution in [2.45, 2.75) is 20.3 Å². The minimum absolute atomic E-state index is 0.704. The van der Waals surface area contributed by atoms with Crippen LogP contribution in [0.25, 0.3) is 0 Å². The third-order valence-electron chi connectivity index (χ3n) is 0.759. The topological polar surface area (TPSA) is 21.6 Å². The summed E-state index contributed by atoms with van der Waals surface area (Å²) >= 11 is 0. The lowest BCUT2D eigenvalue weighted by Crippen LogP contribution is -1.87. The number of hydrogen-bond acceptors (Lipinski definition) is 2. The summed E-state index contributed by atoms with van der Waals surface area (Å²) in [7, 11) is 0.704. The molecule has 0 atom stereocenters. The summed E-state index contributed by atoms with van der Waals surface area (Å²) in [4.78, 5) is 0. The Morgan fingerprint density at radius 3 is 2.57 bits per heavy atom. The predicted molar refractivity (Wildman–Crippen MR) is 34.4 cm³/mol. The monoisotopic (exact) mass is 117 g/mol. The molecule has 0 aromatic heterocycles. The molecular formula is C4H11NOSi. The van der Waals surface area contributed by atoms with Gasteiger partial charge in [-0.15, -0.1) is 5.16 Å². The quantitative estimate of drug-likeness (QED) is 0.285. The highest BCUT2D eigenvalue weighted by molar-refractivity contribution is 5.98. The summed E-state index contributed by atoms with van der Waals surface area (Å²) in [6.07, 6.45) is 0.988. The first-order chi connectivity index (χ1) is 3.31. The number of oxime groups is 1. The third kappa shape index (κ3) is 3.52. The second-order valence-corrected chi connectivity index (χ2v) is 1.73. The Kier molecular flexibility index (Phi) is 3.69. The van der Waals surface area contributed by atoms with E-state index >= 15 is 0 Å². The van der Waals surface area contributed by atoms with Crippen molar-refractivity contribution >= 4 is 16.2 Å². The Morgan fingerprint density at radius 2 is 2.43 bits per heavy atom. The maximum absolute atomic E-state index is 4.62. The van der Waals surface area contributed by atoms with E-state index in [0.717, 1.165) is 12.1 Å². The summed E-state index contributed by atoms with van der Waals surface area (Å²) in [5.74, 6) is 0. The van der Waals surface area contributed by atoms with Gasteiger partial charge < -0.3 is 4.53 Å². The molecule has 0 unspecified atom stereocenters. The van der Waals surface area contributed by atoms with Gasteiger partial charge in [0, 0.05) is 0 Å². The van der Waals surface area contributed by atoms with Crippen LogP contribution >= 0.6 is 0 Å². The molecule has 0 rings (SSSR count). The Bertz CT molecular complexity index is 72.1. The van der Waals surface area contributed by atoms with Gasteiger partial charge in [-0.05, 0) is 13.3 Å². The molecule has 42 valence electrons. The van der Waals surface area contributed by atoms with E-state index in [2.05, 4.69) is 16.6 Å². The molecule has 0 saturated heterocycles. The van der Waals surface area contributed by atoms with E-state index in [-0.39, 0.29) is 0 Å². The first kappa shape index (κ1) is 6.69. The van der Waals surface area contributed by atoms with Crippen LogP contribution in [0.15, 0.2) is 5.16 Å². The zero-order valence-electron chi connectivity index (χ0n) is 5.06. The summed E-state index contributed by atoms with van der Waals surface area (Å²) < 4.78 is 4.62. The van der Waals surface area contributed by atoms with E-state index in [1.807, 2.05) is 6.92 Å². The van der Waals surface area contributed by atoms with Gasteiger partial charge in [0.05, 0.1) is 5.71 Å². The van der Waals surface area contributed by atoms with Crippen molar-refractivity contribution in [3.05, 3.63) is 0 Å². The van der Waals surface area contributed by atoms with Gasteiger partial charge in [0.15, 0.2) is 0 Å². The molecule has 3 heteroatoms. The van der Waals surface area contributed by atoms with Crippen molar-refractivity contribution in [3.63, 3.8) is 0 Å². The standard InChI is InChI=1S/C4H11NOSi/c1-3-4(2)5-6-7/h3H2,1-2,7H3. The predicted octanol–water partition coefficient (Wildman–Crippen LogP) is 0.0693. The fourth-order valence-corrected chi connectivity index (χ4v) is 0.532. The Labute approximate surface area is 47.1 Å². The summed E-state index contributed by atoms with van der Waals surface area (Å²) in [6.45, 7) is 4.01. The molecule has 0 fully saturated rings. The van der Waals surface area contributed by atoms with E-state index in [9.17, 15) is 0 Å². The molecule has 0 aliphatic carbocycles. The van der Waals surface area contributed by atoms with E-state index in [1.165, 1.54) is 0 Å². The van der Waals surface area contributed by atoms with Gasteiger partial charge in [-0.25, -0.2) is 0 Å². The molecule has 0 bridgehead atoms. The molecule has 0 heterocycles. The molecule has 0 spiro atoms. The van der Waals surface area contributed by atoms with Crippen molar-refractivity contribution in [1.29, 1.82) is 0 Å². The Hall–Kier alpha value is -0.313. The molecule has 0 saturated carbocycles. The maximum Gasteiger partial charge on any atom is 0.242 e. The smallest absolute Gasteiger partial charge is 0.242 e. The molecule has 0 aliphatic rings. The number of hydrogen-bond donors (Lipinski definition) is 0. The lowest BCUT2D eigenvalue weighted by Gasteiger charge is -1.90. The molecule has 0 amide bonds. The molecule has 7 heavy (non-hydrogen) atoms. The average Bonchev–Trinajstić information content (AvgIpc) is 1.68. The minimum atomic E-state index is 0.704. The van der Waals surface area contributed by atoms with E-state index in [0.29, 0.717) is 10.5 Å². The van der Waals surface area contributed by atoms with Gasteiger partial charge in [-0.3, -0.25) is 0 Å². The van der Waals surface area contributed by atoms with E-state index < -0.39 is 0 Å². The van der Waals surface area contributed by atoms with Gasteiger partial charge in [0.1, 0.15) is 0 Å². The van der Waals surface area contributed by atoms with Crippen molar-refractivity contribution in [3.8, 4) is 0 Å². The largest absolute Gasteiger partial charge is 0.467 e. The van der Waals surface area contributed by atoms with Crippen LogP contribution < -0.4 is 0 Å². The number of nitrogens with zero attached hydrogens (tertiary/aromatic N) is 1. The molecular weight excluding hydrogens is 106 g/mol. The van der Waals surface area contributed by atoms with Crippen LogP contribution in [0, 0.1) is 0 Å². The van der Waals surface area contributed by atoms with Gasteiger partial charge in [0.25, 0.3) is 0 Å². The third-order valence-corrected chi connectivity index (χ3v) is 0.941. The molecule has 0 aliphatic heterocycles. The second kappa shape index (κ2) is 3.86. The molecule has 2 nitrogen and oxygen atoms in total. The zero-order valence-corrected chi connectivity index (χ0v) is 7.06. The van der Waals surface area contributed by atoms with Crippen molar-refractivity contribution in [2.24, 2.45) is 5.16 Å². The Morgan fingerprint density at radius 1 is 1.86 bits per heavy atom. The lowest BCUT2D eigenvalue weighted by molar-refractivity contribution is 0.376. The highest BCUT2D eigenvalue weighted by atomic mass is 28.2. The Balaban J connectivity index is 3.29. The van der Waals surface area contributed by atoms with Gasteiger partial charge in [0.2, 0.25) is 10.5 Å². The highest BCUT2D eigenvalue weighted by Crippen LogP contribution is 1.81. The van der Waals surface area contributed by atoms with Crippen LogP contribution in [0.5, 0.6) is 0 Å². The normalized spacial score (nSPS) is 12.0. The molecule has 0 aromatic rings. The summed E-state index contributed by atoms with van der Waals surface area (Å²) in [5, 5.41) is 3.72. The fraction of sp³-hybridized carbons (Fsp3) is 0.750. The first-order valence-corrected chi connectivity index (χ1v) is 3.19. The van der Waals surface area contributed by atoms with Crippen LogP contribution in [0.2, 0.25) is 0 Å². The maximum atomic E-state index is 4.62. The van der Waals surface area contributed by atoms with E-state index in [1.54, 1.807) is 0 Å². The average molecular weight is 117 g/mol. The second-order valence-electron chi connectivity index (χ2n) is 1.36. The van der Waals surface area contributed by atoms with Gasteiger partial charge >= 0.3 is 0 Å². The number of rotatable bonds is 2. The summed E-state index contributed by atoms with van der Waals surface area (Å²) in [6, 6.07) is 0. The van der Waals surface area contributed by atoms with Crippen LogP contribution in [0.4, 0.5) is 0 Å². The minimum Gasteiger partial charge on any atom is -0.467 e. The SMILES string of the molecule is CCC(C)=NO[SiH3]. The lowest BCUT2D eigenvalue weighted by atomic mass is 10.3. The van der Waals surface area contributed by atoms with E-state index in [4.69, 9.17) is 0 Å². The zero-order chi connectivity index (χ0) is 5.70. The fourth-order valence-electron chi connectivity index (χ4n) is 0.220. The van der Waals surface area contributed by atoms with Crippen LogP contribution in [0.1, 0.15) is 20.3 Å². The summed E-state index contributed by atoms with van der Waals surface area (Å²) in [5.41, 5.74) is 1.06. The van der Waals surface area contributed by atoms with Crippen LogP contribution in [-0.4, -0.2) is 16.2 Å². The molecule has 0 aromatic carbocycles. The van der Waals surface area contributed by atoms with Crippen LogP contribution in [0.3, 0.4) is 0 Å². The van der Waals surface area contributed by atoms with Crippen LogP contribution in [-0.2, 0) is 4.53 Å². The van der Waals surface area contributed by atoms with Crippen molar-refractivity contribution in [1.82, 2.24) is 0 Å². The van der Waals surface area contributed by atoms with Gasteiger partial charge in [-0.2, -0.15) is 0 Å². The molecule has 0 N–H and O–H groups in total. The van der Waals surface area contributed by atoms with Crippen molar-refractivity contribution < 1.29 is 4.53 Å². The van der Waals surface area contributed by atoms with Gasteiger partial charge in [-0.1, -0.05) is 6.92 Å². The first-order valence-electron chi connectivity index (χ1n) is 2.38. The molecule has 0 radical (unpaired) electrons. The highest BCUT2D eigenvalue weighted by Gasteiger charge is 1.79. The van der Waals surface area contributed by atoms with Crippen molar-refractivity contribution in [2.75, 3.05) is 0 Å².